The predicted molar refractivity (Wildman–Crippen MR) is 201 cm³/mol. The summed E-state index contributed by atoms with van der Waals surface area (Å²) in [5, 5.41) is 1.15. The van der Waals surface area contributed by atoms with Crippen LogP contribution in [0, 0.1) is 0 Å². The molecule has 0 N–H and O–H groups in total. The molecule has 2 heterocycles. The average Bonchev–Trinajstić information content (AvgIpc) is 3.93. The Bertz CT molecular complexity index is 1820. The highest BCUT2D eigenvalue weighted by Gasteiger charge is 2.42. The van der Waals surface area contributed by atoms with Gasteiger partial charge in [0.05, 0.1) is 20.8 Å². The lowest BCUT2D eigenvalue weighted by atomic mass is 10.1. The van der Waals surface area contributed by atoms with Gasteiger partial charge in [0.1, 0.15) is 35.5 Å². The van der Waals surface area contributed by atoms with Crippen LogP contribution in [0.5, 0.6) is 17.2 Å². The number of nitrogens with zero attached hydrogens (tertiary/aromatic N) is 4. The fourth-order valence-corrected chi connectivity index (χ4v) is 6.83. The van der Waals surface area contributed by atoms with Gasteiger partial charge in [-0.3, -0.25) is 4.79 Å². The molecule has 1 unspecified atom stereocenters. The van der Waals surface area contributed by atoms with Crippen molar-refractivity contribution in [3.63, 3.8) is 0 Å². The van der Waals surface area contributed by atoms with Crippen molar-refractivity contribution in [2.45, 2.75) is 77.4 Å². The second-order valence-corrected chi connectivity index (χ2v) is 14.6. The molecule has 6 rings (SSSR count). The molecule has 11 nitrogen and oxygen atoms in total. The second-order valence-electron chi connectivity index (χ2n) is 14.6. The Morgan fingerprint density at radius 1 is 0.885 bits per heavy atom. The van der Waals surface area contributed by atoms with Gasteiger partial charge < -0.3 is 43.0 Å². The molecule has 1 aliphatic carbocycles. The van der Waals surface area contributed by atoms with E-state index in [0.717, 1.165) is 53.5 Å². The Labute approximate surface area is 306 Å². The number of aryl methyl sites for hydroxylation is 1. The van der Waals surface area contributed by atoms with E-state index in [1.165, 1.54) is 0 Å². The monoisotopic (exact) mass is 712 g/mol. The van der Waals surface area contributed by atoms with Gasteiger partial charge >= 0.3 is 6.09 Å². The first kappa shape index (κ1) is 36.9. The van der Waals surface area contributed by atoms with Gasteiger partial charge in [-0.2, -0.15) is 0 Å². The summed E-state index contributed by atoms with van der Waals surface area (Å²) >= 11 is 0. The highest BCUT2D eigenvalue weighted by atomic mass is 16.6. The van der Waals surface area contributed by atoms with E-state index in [4.69, 9.17) is 23.7 Å². The number of benzene rings is 3. The van der Waals surface area contributed by atoms with E-state index in [2.05, 4.69) is 39.9 Å². The molecule has 0 spiro atoms. The first-order valence-electron chi connectivity index (χ1n) is 18.1. The van der Waals surface area contributed by atoms with Gasteiger partial charge in [-0.25, -0.2) is 4.79 Å². The topological polar surface area (TPSA) is 94.9 Å². The average molecular weight is 713 g/mol. The molecule has 2 fully saturated rings. The van der Waals surface area contributed by atoms with E-state index >= 15 is 0 Å². The van der Waals surface area contributed by atoms with E-state index in [0.29, 0.717) is 50.1 Å². The van der Waals surface area contributed by atoms with E-state index in [1.54, 1.807) is 26.2 Å². The van der Waals surface area contributed by atoms with E-state index in [-0.39, 0.29) is 18.5 Å². The number of methoxy groups -OCH3 is 3. The summed E-state index contributed by atoms with van der Waals surface area (Å²) in [7, 11) is 4.96. The minimum atomic E-state index is -0.649. The summed E-state index contributed by atoms with van der Waals surface area (Å²) in [6.45, 7) is 8.98. The molecule has 278 valence electrons. The van der Waals surface area contributed by atoms with Crippen molar-refractivity contribution in [2.75, 3.05) is 52.5 Å². The zero-order valence-corrected chi connectivity index (χ0v) is 31.3. The fourth-order valence-electron chi connectivity index (χ4n) is 6.83. The highest BCUT2D eigenvalue weighted by molar-refractivity contribution is 5.89. The molecule has 1 aliphatic heterocycles. The van der Waals surface area contributed by atoms with Gasteiger partial charge in [0.15, 0.2) is 0 Å². The Morgan fingerprint density at radius 3 is 2.33 bits per heavy atom. The number of carbonyl (C=O) groups is 2. The third kappa shape index (κ3) is 8.93. The van der Waals surface area contributed by atoms with Gasteiger partial charge in [-0.05, 0) is 81.5 Å². The molecule has 1 aromatic heterocycles. The summed E-state index contributed by atoms with van der Waals surface area (Å²) < 4.78 is 30.5. The third-order valence-electron chi connectivity index (χ3n) is 9.51. The summed E-state index contributed by atoms with van der Waals surface area (Å²) in [6.07, 6.45) is 4.59. The lowest BCUT2D eigenvalue weighted by Gasteiger charge is -2.43. The van der Waals surface area contributed by atoms with Gasteiger partial charge in [0, 0.05) is 80.9 Å². The number of carbonyl (C=O) groups excluding carboxylic acids is 2. The maximum absolute atomic E-state index is 14.9. The quantitative estimate of drug-likeness (QED) is 0.131. The van der Waals surface area contributed by atoms with Gasteiger partial charge in [-0.1, -0.05) is 24.3 Å². The number of hydrogen-bond acceptors (Lipinski definition) is 8. The number of rotatable bonds is 14. The molecule has 4 aromatic rings. The minimum absolute atomic E-state index is 0.00164. The number of hydrogen-bond donors (Lipinski definition) is 0. The number of aromatic nitrogens is 1. The summed E-state index contributed by atoms with van der Waals surface area (Å²) in [4.78, 5) is 34.1. The number of piperazine rings is 1. The third-order valence-corrected chi connectivity index (χ3v) is 9.51. The minimum Gasteiger partial charge on any atom is -0.497 e. The first-order chi connectivity index (χ1) is 25.1. The van der Waals surface area contributed by atoms with Crippen molar-refractivity contribution >= 4 is 28.6 Å². The van der Waals surface area contributed by atoms with Crippen LogP contribution in [0.2, 0.25) is 0 Å². The number of para-hydroxylation sites is 1. The zero-order valence-electron chi connectivity index (χ0n) is 31.3. The lowest BCUT2D eigenvalue weighted by molar-refractivity contribution is -0.134. The van der Waals surface area contributed by atoms with Crippen molar-refractivity contribution in [3.05, 3.63) is 84.1 Å². The van der Waals surface area contributed by atoms with Crippen molar-refractivity contribution < 1.29 is 33.3 Å². The number of amides is 2. The maximum Gasteiger partial charge on any atom is 0.410 e. The predicted octanol–water partition coefficient (Wildman–Crippen LogP) is 6.89. The van der Waals surface area contributed by atoms with Crippen LogP contribution in [0.3, 0.4) is 0 Å². The van der Waals surface area contributed by atoms with Gasteiger partial charge in [0.2, 0.25) is 5.91 Å². The lowest BCUT2D eigenvalue weighted by Crippen LogP contribution is -2.61. The molecule has 2 aliphatic rings. The Morgan fingerprint density at radius 2 is 1.63 bits per heavy atom. The van der Waals surface area contributed by atoms with Crippen molar-refractivity contribution in [2.24, 2.45) is 0 Å². The van der Waals surface area contributed by atoms with Crippen LogP contribution in [0.1, 0.15) is 51.2 Å². The van der Waals surface area contributed by atoms with Crippen molar-refractivity contribution in [1.82, 2.24) is 14.4 Å². The SMILES string of the molecule is COCCCn1cc(CN(C(=O)C2CN(C(=O)OC(C)(C)C)CCN2c2cccc(OCc3cc(OC)cc(OC)c3)c2)C2CC2)c2ccccc21. The van der Waals surface area contributed by atoms with E-state index < -0.39 is 17.7 Å². The first-order valence-corrected chi connectivity index (χ1v) is 18.1. The molecular weight excluding hydrogens is 660 g/mol. The Kier molecular flexibility index (Phi) is 11.5. The largest absolute Gasteiger partial charge is 0.497 e. The zero-order chi connectivity index (χ0) is 36.8. The van der Waals surface area contributed by atoms with Crippen LogP contribution < -0.4 is 19.1 Å². The van der Waals surface area contributed by atoms with Crippen LogP contribution in [-0.2, 0) is 34.0 Å². The highest BCUT2D eigenvalue weighted by Crippen LogP contribution is 2.34. The Hall–Kier alpha value is -4.90. The number of ether oxygens (including phenoxy) is 5. The molecule has 3 aromatic carbocycles. The normalized spacial score (nSPS) is 16.2. The fraction of sp³-hybridized carbons (Fsp3) is 0.463. The second kappa shape index (κ2) is 16.2. The number of anilines is 1. The molecule has 0 bridgehead atoms. The standard InChI is InChI=1S/C41H52N4O7/c1-41(2,3)52-40(47)43-18-19-44(32-11-9-12-33(23-32)51-28-29-21-34(49-5)24-35(22-29)50-6)38(27-43)39(46)45(31-15-16-31)26-30-25-42(17-10-20-48-4)37-14-8-7-13-36(30)37/h7-9,11-14,21-25,31,38H,10,15-20,26-28H2,1-6H3. The van der Waals surface area contributed by atoms with Crippen LogP contribution in [-0.4, -0.2) is 91.6 Å². The summed E-state index contributed by atoms with van der Waals surface area (Å²) in [5.41, 5.74) is 3.37. The van der Waals surface area contributed by atoms with Crippen LogP contribution in [0.4, 0.5) is 10.5 Å². The molecule has 1 saturated heterocycles. The molecular formula is C41H52N4O7. The van der Waals surface area contributed by atoms with Gasteiger partial charge in [-0.15, -0.1) is 0 Å². The van der Waals surface area contributed by atoms with Crippen LogP contribution in [0.15, 0.2) is 72.9 Å². The molecule has 2 amide bonds. The van der Waals surface area contributed by atoms with Crippen molar-refractivity contribution in [3.8, 4) is 17.2 Å². The van der Waals surface area contributed by atoms with Crippen LogP contribution in [0.25, 0.3) is 10.9 Å². The molecule has 1 atom stereocenters. The molecule has 1 saturated carbocycles. The smallest absolute Gasteiger partial charge is 0.410 e. The van der Waals surface area contributed by atoms with E-state index in [1.807, 2.05) is 68.1 Å². The molecule has 11 heteroatoms. The maximum atomic E-state index is 14.9. The Balaban J connectivity index is 1.27. The van der Waals surface area contributed by atoms with Crippen molar-refractivity contribution in [1.29, 1.82) is 0 Å². The molecule has 52 heavy (non-hydrogen) atoms. The number of fused-ring (bicyclic) bond motifs is 1. The van der Waals surface area contributed by atoms with Crippen LogP contribution >= 0.6 is 0 Å². The summed E-state index contributed by atoms with van der Waals surface area (Å²) in [5.74, 6) is 2.04. The van der Waals surface area contributed by atoms with E-state index in [9.17, 15) is 9.59 Å². The summed E-state index contributed by atoms with van der Waals surface area (Å²) in [6, 6.07) is 21.4. The molecule has 0 radical (unpaired) electrons. The van der Waals surface area contributed by atoms with Gasteiger partial charge in [0.25, 0.3) is 0 Å².